The Hall–Kier alpha value is -10.1. The zero-order chi connectivity index (χ0) is 69.7. The summed E-state index contributed by atoms with van der Waals surface area (Å²) >= 11 is 0. The molecular formula is C69H79N11O15S2. The second kappa shape index (κ2) is 31.2. The van der Waals surface area contributed by atoms with Crippen LogP contribution in [0.15, 0.2) is 174 Å². The third kappa shape index (κ3) is 19.1. The van der Waals surface area contributed by atoms with E-state index in [1.54, 1.807) is 145 Å². The molecule has 0 radical (unpaired) electrons. The van der Waals surface area contributed by atoms with Gasteiger partial charge in [-0.15, -0.1) is 10.2 Å². The van der Waals surface area contributed by atoms with Gasteiger partial charge in [-0.2, -0.15) is 9.10 Å². The Morgan fingerprint density at radius 1 is 0.619 bits per heavy atom. The number of tetrazole rings is 1. The van der Waals surface area contributed by atoms with Crippen molar-refractivity contribution in [3.05, 3.63) is 192 Å². The smallest absolute Gasteiger partial charge is 0.410 e. The molecule has 0 spiro atoms. The van der Waals surface area contributed by atoms with Crippen molar-refractivity contribution in [2.24, 2.45) is 0 Å². The van der Waals surface area contributed by atoms with Crippen LogP contribution in [0.4, 0.5) is 25.8 Å². The first-order valence-corrected chi connectivity index (χ1v) is 33.7. The summed E-state index contributed by atoms with van der Waals surface area (Å²) in [6, 6.07) is 41.2. The number of rotatable bonds is 26. The van der Waals surface area contributed by atoms with Crippen molar-refractivity contribution in [1.29, 1.82) is 0 Å². The number of methoxy groups -OCH3 is 3. The number of ether oxygens (including phenoxy) is 7. The number of likely N-dealkylation sites (tertiary alicyclic amines) is 1. The van der Waals surface area contributed by atoms with Crippen molar-refractivity contribution in [3.8, 4) is 39.8 Å². The minimum atomic E-state index is -5.29. The van der Waals surface area contributed by atoms with Crippen LogP contribution >= 0.6 is 0 Å². The number of alkyl carbamates (subject to hydrolysis) is 2. The number of carbonyl (C=O) groups excluding carboxylic acids is 4. The van der Waals surface area contributed by atoms with Gasteiger partial charge in [0.05, 0.1) is 70.1 Å². The number of nitrogen functional groups attached to an aromatic ring is 1. The summed E-state index contributed by atoms with van der Waals surface area (Å²) in [4.78, 5) is 56.2. The fraction of sp³-hybridized carbons (Fsp3) is 0.319. The number of anilines is 2. The van der Waals surface area contributed by atoms with Crippen molar-refractivity contribution in [1.82, 2.24) is 44.8 Å². The third-order valence-corrected chi connectivity index (χ3v) is 18.6. The van der Waals surface area contributed by atoms with Crippen LogP contribution in [0.1, 0.15) is 69.4 Å². The molecule has 1 saturated heterocycles. The molecule has 1 aliphatic rings. The number of nitrogens with zero attached hydrogens (tertiary/aromatic N) is 6. The van der Waals surface area contributed by atoms with Gasteiger partial charge in [0.25, 0.3) is 0 Å². The predicted octanol–water partition coefficient (Wildman–Crippen LogP) is 9.30. The van der Waals surface area contributed by atoms with Crippen LogP contribution < -0.4 is 40.6 Å². The maximum absolute atomic E-state index is 16.8. The van der Waals surface area contributed by atoms with Gasteiger partial charge >= 0.3 is 18.3 Å². The molecule has 0 saturated carbocycles. The SMILES string of the molecule is COc1ccc(CN(Cc2ccc(OC)cc2)S(=O)(=O)c2c(S(=O)(=O)N[C@@H]3CN(C(=O)OC(C)(C)C)C[C@H]3NC(=O)OCc3ccccc3)ccc(-c3cccc(NC(=O)[C@@H](COCc4ccccc4)NC(=O)OC(C)(C)C)c3N)c2-c2nnn(Cc3ccc(OC)cc3)n2)cc1. The van der Waals surface area contributed by atoms with Crippen molar-refractivity contribution in [3.63, 3.8) is 0 Å². The first-order valence-electron chi connectivity index (χ1n) is 30.8. The fourth-order valence-electron chi connectivity index (χ4n) is 10.4. The van der Waals surface area contributed by atoms with Gasteiger partial charge in [0.2, 0.25) is 31.8 Å². The van der Waals surface area contributed by atoms with Crippen molar-refractivity contribution >= 4 is 55.6 Å². The van der Waals surface area contributed by atoms with Crippen LogP contribution in [-0.2, 0) is 76.6 Å². The molecule has 28 heteroatoms. The van der Waals surface area contributed by atoms with Crippen LogP contribution in [0.3, 0.4) is 0 Å². The summed E-state index contributed by atoms with van der Waals surface area (Å²) in [7, 11) is -6.03. The second-order valence-corrected chi connectivity index (χ2v) is 28.2. The van der Waals surface area contributed by atoms with Gasteiger partial charge in [0, 0.05) is 31.7 Å². The van der Waals surface area contributed by atoms with Crippen LogP contribution in [0.25, 0.3) is 22.5 Å². The van der Waals surface area contributed by atoms with E-state index in [-0.39, 0.29) is 75.0 Å². The lowest BCUT2D eigenvalue weighted by atomic mass is 9.97. The Balaban J connectivity index is 1.23. The zero-order valence-electron chi connectivity index (χ0n) is 55.2. The summed E-state index contributed by atoms with van der Waals surface area (Å²) in [5.41, 5.74) is 7.67. The van der Waals surface area contributed by atoms with E-state index in [4.69, 9.17) is 44.0 Å². The largest absolute Gasteiger partial charge is 0.497 e. The van der Waals surface area contributed by atoms with Gasteiger partial charge in [0.1, 0.15) is 50.9 Å². The van der Waals surface area contributed by atoms with Crippen LogP contribution in [0, 0.1) is 0 Å². The third-order valence-electron chi connectivity index (χ3n) is 15.1. The average molecular weight is 1370 g/mol. The number of aromatic nitrogens is 4. The monoisotopic (exact) mass is 1370 g/mol. The van der Waals surface area contributed by atoms with Crippen LogP contribution in [-0.4, -0.2) is 141 Å². The second-order valence-electron chi connectivity index (χ2n) is 24.7. The van der Waals surface area contributed by atoms with Gasteiger partial charge in [-0.3, -0.25) is 4.79 Å². The van der Waals surface area contributed by atoms with Gasteiger partial charge in [-0.1, -0.05) is 115 Å². The van der Waals surface area contributed by atoms with Gasteiger partial charge in [-0.05, 0) is 129 Å². The van der Waals surface area contributed by atoms with E-state index < -0.39 is 94.7 Å². The average Bonchev–Trinajstić information content (AvgIpc) is 1.55. The van der Waals surface area contributed by atoms with Gasteiger partial charge < -0.3 is 59.7 Å². The molecule has 4 amide bonds. The molecule has 3 atom stereocenters. The van der Waals surface area contributed by atoms with E-state index in [9.17, 15) is 19.2 Å². The molecule has 1 aromatic heterocycles. The number of sulfonamides is 2. The highest BCUT2D eigenvalue weighted by Crippen LogP contribution is 2.44. The summed E-state index contributed by atoms with van der Waals surface area (Å²) < 4.78 is 109. The van der Waals surface area contributed by atoms with Crippen molar-refractivity contribution in [2.45, 2.75) is 114 Å². The highest BCUT2D eigenvalue weighted by Gasteiger charge is 2.44. The highest BCUT2D eigenvalue weighted by molar-refractivity contribution is 7.92. The summed E-state index contributed by atoms with van der Waals surface area (Å²) in [5, 5.41) is 21.8. The first-order chi connectivity index (χ1) is 46.2. The molecule has 9 rings (SSSR count). The van der Waals surface area contributed by atoms with Crippen LogP contribution in [0.2, 0.25) is 0 Å². The molecule has 0 bridgehead atoms. The molecule has 26 nitrogen and oxygen atoms in total. The zero-order valence-corrected chi connectivity index (χ0v) is 56.8. The summed E-state index contributed by atoms with van der Waals surface area (Å²) in [6.45, 7) is 8.16. The topological polar surface area (TPSA) is 325 Å². The maximum atomic E-state index is 16.8. The number of carbonyl (C=O) groups is 4. The Labute approximate surface area is 563 Å². The summed E-state index contributed by atoms with van der Waals surface area (Å²) in [6.07, 6.45) is -2.69. The molecule has 1 fully saturated rings. The molecule has 1 aliphatic heterocycles. The Morgan fingerprint density at radius 2 is 1.16 bits per heavy atom. The first kappa shape index (κ1) is 71.2. The number of nitrogens with one attached hydrogen (secondary N) is 4. The molecule has 6 N–H and O–H groups in total. The molecule has 7 aromatic carbocycles. The van der Waals surface area contributed by atoms with E-state index in [1.165, 1.54) is 55.3 Å². The Morgan fingerprint density at radius 3 is 1.72 bits per heavy atom. The van der Waals surface area contributed by atoms with Crippen LogP contribution in [0.5, 0.6) is 17.2 Å². The summed E-state index contributed by atoms with van der Waals surface area (Å²) in [5.74, 6) is 0.338. The van der Waals surface area contributed by atoms with E-state index >= 15 is 16.8 Å². The van der Waals surface area contributed by atoms with Crippen molar-refractivity contribution < 1.29 is 69.2 Å². The van der Waals surface area contributed by atoms with Gasteiger partial charge in [-0.25, -0.2) is 35.9 Å². The van der Waals surface area contributed by atoms with E-state index in [0.717, 1.165) is 15.9 Å². The van der Waals surface area contributed by atoms with Crippen molar-refractivity contribution in [2.75, 3.05) is 52.1 Å². The molecule has 8 aromatic rings. The fourth-order valence-corrected chi connectivity index (χ4v) is 14.0. The molecule has 0 aliphatic carbocycles. The lowest BCUT2D eigenvalue weighted by Gasteiger charge is -2.27. The lowest BCUT2D eigenvalue weighted by molar-refractivity contribution is -0.119. The molecule has 0 unspecified atom stereocenters. The van der Waals surface area contributed by atoms with E-state index in [2.05, 4.69) is 31.0 Å². The van der Waals surface area contributed by atoms with E-state index in [0.29, 0.717) is 39.5 Å². The Bertz CT molecular complexity index is 4220. The minimum Gasteiger partial charge on any atom is -0.497 e. The molecule has 2 heterocycles. The maximum Gasteiger partial charge on any atom is 0.410 e. The number of amides is 4. The molecule has 512 valence electrons. The standard InChI is InChI=1S/C69H79N11O15S2/c1-68(2,3)94-66(83)73-58(44-92-42-48-17-12-10-13-18-48)64(81)71-55-22-16-21-54(61(55)70)53-35-36-59(96(85,86)76-57-41-78(67(84)95-69(4,5)6)40-56(57)72-65(82)93-43-49-19-14-11-15-20-49)62(60(53)63-74-77-80(75-63)39-47-27-33-52(91-9)34-28-47)97(87,88)79(37-45-23-29-50(89-7)30-24-45)38-46-25-31-51(90-8)32-26-46/h10-36,56-58,76H,37-44,70H2,1-9H3,(H,71,81)(H,72,82)(H,73,83)/t56-,57-,58-/m1/s1. The highest BCUT2D eigenvalue weighted by atomic mass is 32.2. The van der Waals surface area contributed by atoms with E-state index in [1.807, 2.05) is 30.3 Å². The number of benzene rings is 7. The molecular weight excluding hydrogens is 1290 g/mol. The lowest BCUT2D eigenvalue weighted by Crippen LogP contribution is -2.51. The quantitative estimate of drug-likeness (QED) is 0.0249. The predicted molar refractivity (Wildman–Crippen MR) is 361 cm³/mol. The van der Waals surface area contributed by atoms with Gasteiger partial charge in [0.15, 0.2) is 0 Å². The number of hydrogen-bond donors (Lipinski definition) is 5. The normalized spacial score (nSPS) is 14.5. The minimum absolute atomic E-state index is 0.0236. The number of para-hydroxylation sites is 1. The number of nitrogens with two attached hydrogens (primary N) is 1. The molecule has 97 heavy (non-hydrogen) atoms. The number of hydrogen-bond acceptors (Lipinski definition) is 19. The Kier molecular flexibility index (Phi) is 22.9.